The molecule has 0 aromatic carbocycles. The second-order valence-corrected chi connectivity index (χ2v) is 7.45. The highest BCUT2D eigenvalue weighted by atomic mass is 19.4. The third kappa shape index (κ3) is 6.49. The molecule has 0 rings (SSSR count). The van der Waals surface area contributed by atoms with Gasteiger partial charge in [-0.05, 0) is 12.3 Å². The van der Waals surface area contributed by atoms with E-state index >= 15 is 0 Å². The second kappa shape index (κ2) is 7.98. The van der Waals surface area contributed by atoms with Gasteiger partial charge in [-0.2, -0.15) is 13.2 Å². The highest BCUT2D eigenvalue weighted by Gasteiger charge is 2.52. The molecule has 2 unspecified atom stereocenters. The summed E-state index contributed by atoms with van der Waals surface area (Å²) in [5.41, 5.74) is -1.28. The maximum absolute atomic E-state index is 13.3. The Labute approximate surface area is 140 Å². The number of rotatable bonds is 7. The topological polar surface area (TPSA) is 83.5 Å². The van der Waals surface area contributed by atoms with Gasteiger partial charge in [-0.15, -0.1) is 0 Å². The molecule has 3 atom stereocenters. The fourth-order valence-electron chi connectivity index (χ4n) is 2.27. The van der Waals surface area contributed by atoms with Crippen LogP contribution in [0.1, 0.15) is 48.0 Å². The van der Waals surface area contributed by atoms with Crippen LogP contribution < -0.4 is 5.32 Å². The Morgan fingerprint density at radius 1 is 1.04 bits per heavy atom. The van der Waals surface area contributed by atoms with Crippen molar-refractivity contribution in [2.75, 3.05) is 0 Å². The van der Waals surface area contributed by atoms with Gasteiger partial charge in [0, 0.05) is 5.41 Å². The minimum atomic E-state index is -4.89. The highest BCUT2D eigenvalue weighted by molar-refractivity contribution is 5.93. The summed E-state index contributed by atoms with van der Waals surface area (Å²) in [7, 11) is 0. The summed E-state index contributed by atoms with van der Waals surface area (Å²) in [6.45, 7) is 8.48. The number of hydrogen-bond acceptors (Lipinski definition) is 3. The van der Waals surface area contributed by atoms with Crippen molar-refractivity contribution < 1.29 is 32.7 Å². The van der Waals surface area contributed by atoms with E-state index in [1.807, 2.05) is 0 Å². The standard InChI is InChI=1S/C16H26F3NO4/c1-8(2)7-10(14(23)24)20-13(22)9(3)11(16(17,18)19)12(21)15(4,5)6/h8-11H,7H2,1-6H3,(H,20,22)(H,23,24)/t9?,10-,11?/m0/s1. The zero-order chi connectivity index (χ0) is 19.5. The van der Waals surface area contributed by atoms with Gasteiger partial charge in [0.05, 0.1) is 5.92 Å². The Bertz CT molecular complexity index is 481. The van der Waals surface area contributed by atoms with Crippen molar-refractivity contribution in [1.82, 2.24) is 5.32 Å². The summed E-state index contributed by atoms with van der Waals surface area (Å²) >= 11 is 0. The van der Waals surface area contributed by atoms with Crippen LogP contribution in [0.3, 0.4) is 0 Å². The fraction of sp³-hybridized carbons (Fsp3) is 0.812. The number of halogens is 3. The molecule has 0 heterocycles. The van der Waals surface area contributed by atoms with Crippen LogP contribution in [0.25, 0.3) is 0 Å². The molecule has 140 valence electrons. The van der Waals surface area contributed by atoms with Crippen LogP contribution in [-0.2, 0) is 14.4 Å². The molecular formula is C16H26F3NO4. The number of alkyl halides is 3. The molecular weight excluding hydrogens is 327 g/mol. The number of carbonyl (C=O) groups excluding carboxylic acids is 2. The van der Waals surface area contributed by atoms with Crippen LogP contribution in [0.15, 0.2) is 0 Å². The summed E-state index contributed by atoms with van der Waals surface area (Å²) in [5, 5.41) is 11.2. The first-order chi connectivity index (χ1) is 10.6. The number of carbonyl (C=O) groups is 3. The Balaban J connectivity index is 5.43. The van der Waals surface area contributed by atoms with Gasteiger partial charge in [0.2, 0.25) is 5.91 Å². The smallest absolute Gasteiger partial charge is 0.399 e. The molecule has 0 aliphatic carbocycles. The molecule has 0 aliphatic heterocycles. The molecule has 24 heavy (non-hydrogen) atoms. The number of hydrogen-bond donors (Lipinski definition) is 2. The normalized spacial score (nSPS) is 16.4. The van der Waals surface area contributed by atoms with E-state index in [2.05, 4.69) is 5.32 Å². The lowest BCUT2D eigenvalue weighted by Gasteiger charge is -2.30. The first-order valence-electron chi connectivity index (χ1n) is 7.73. The second-order valence-electron chi connectivity index (χ2n) is 7.45. The van der Waals surface area contributed by atoms with Crippen molar-refractivity contribution in [3.8, 4) is 0 Å². The van der Waals surface area contributed by atoms with Crippen LogP contribution in [0.2, 0.25) is 0 Å². The van der Waals surface area contributed by atoms with Crippen molar-refractivity contribution in [3.05, 3.63) is 0 Å². The van der Waals surface area contributed by atoms with Crippen molar-refractivity contribution >= 4 is 17.7 Å². The van der Waals surface area contributed by atoms with Crippen LogP contribution in [0, 0.1) is 23.2 Å². The summed E-state index contributed by atoms with van der Waals surface area (Å²) in [6.07, 6.45) is -4.81. The number of carboxylic acids is 1. The summed E-state index contributed by atoms with van der Waals surface area (Å²) in [6, 6.07) is -1.29. The van der Waals surface area contributed by atoms with Crippen molar-refractivity contribution in [2.24, 2.45) is 23.2 Å². The number of aliphatic carboxylic acids is 1. The van der Waals surface area contributed by atoms with Crippen LogP contribution in [0.4, 0.5) is 13.2 Å². The van der Waals surface area contributed by atoms with Gasteiger partial charge >= 0.3 is 12.1 Å². The number of ketones is 1. The van der Waals surface area contributed by atoms with E-state index in [1.165, 1.54) is 20.8 Å². The van der Waals surface area contributed by atoms with Crippen LogP contribution in [0.5, 0.6) is 0 Å². The van der Waals surface area contributed by atoms with E-state index in [0.29, 0.717) is 0 Å². The van der Waals surface area contributed by atoms with E-state index in [4.69, 9.17) is 5.11 Å². The van der Waals surface area contributed by atoms with Crippen LogP contribution >= 0.6 is 0 Å². The molecule has 0 aromatic heterocycles. The van der Waals surface area contributed by atoms with Crippen molar-refractivity contribution in [2.45, 2.75) is 60.2 Å². The number of carboxylic acid groups (broad SMARTS) is 1. The van der Waals surface area contributed by atoms with Crippen molar-refractivity contribution in [3.63, 3.8) is 0 Å². The third-order valence-electron chi connectivity index (χ3n) is 3.61. The van der Waals surface area contributed by atoms with Gasteiger partial charge < -0.3 is 10.4 Å². The Morgan fingerprint density at radius 3 is 1.79 bits per heavy atom. The summed E-state index contributed by atoms with van der Waals surface area (Å²) in [4.78, 5) is 35.4. The van der Waals surface area contributed by atoms with E-state index in [0.717, 1.165) is 6.92 Å². The average molecular weight is 353 g/mol. The van der Waals surface area contributed by atoms with Gasteiger partial charge in [-0.1, -0.05) is 41.5 Å². The molecule has 1 amide bonds. The van der Waals surface area contributed by atoms with Crippen LogP contribution in [-0.4, -0.2) is 35.0 Å². The minimum absolute atomic E-state index is 0.0728. The van der Waals surface area contributed by atoms with E-state index in [-0.39, 0.29) is 12.3 Å². The molecule has 0 fully saturated rings. The molecule has 0 bridgehead atoms. The number of amides is 1. The Kier molecular flexibility index (Phi) is 7.45. The summed E-state index contributed by atoms with van der Waals surface area (Å²) in [5.74, 6) is -7.79. The monoisotopic (exact) mass is 353 g/mol. The molecule has 0 aromatic rings. The Morgan fingerprint density at radius 2 is 1.50 bits per heavy atom. The SMILES string of the molecule is CC(C)C[C@H](NC(=O)C(C)C(C(=O)C(C)(C)C)C(F)(F)F)C(=O)O. The first-order valence-corrected chi connectivity index (χ1v) is 7.73. The maximum atomic E-state index is 13.3. The van der Waals surface area contributed by atoms with E-state index < -0.39 is 47.1 Å². The lowest BCUT2D eigenvalue weighted by Crippen LogP contribution is -2.50. The lowest BCUT2D eigenvalue weighted by atomic mass is 9.77. The van der Waals surface area contributed by atoms with Gasteiger partial charge in [0.25, 0.3) is 0 Å². The lowest BCUT2D eigenvalue weighted by molar-refractivity contribution is -0.197. The predicted octanol–water partition coefficient (Wildman–Crippen LogP) is 3.03. The minimum Gasteiger partial charge on any atom is -0.480 e. The van der Waals surface area contributed by atoms with Gasteiger partial charge in [0.1, 0.15) is 12.0 Å². The molecule has 0 radical (unpaired) electrons. The highest BCUT2D eigenvalue weighted by Crippen LogP contribution is 2.37. The molecule has 2 N–H and O–H groups in total. The van der Waals surface area contributed by atoms with Gasteiger partial charge in [-0.25, -0.2) is 4.79 Å². The van der Waals surface area contributed by atoms with Crippen molar-refractivity contribution in [1.29, 1.82) is 0 Å². The maximum Gasteiger partial charge on any atom is 0.399 e. The molecule has 0 aliphatic rings. The average Bonchev–Trinajstić information content (AvgIpc) is 2.34. The molecule has 5 nitrogen and oxygen atoms in total. The largest absolute Gasteiger partial charge is 0.480 e. The predicted molar refractivity (Wildman–Crippen MR) is 82.2 cm³/mol. The summed E-state index contributed by atoms with van der Waals surface area (Å²) < 4.78 is 39.9. The quantitative estimate of drug-likeness (QED) is 0.737. The zero-order valence-corrected chi connectivity index (χ0v) is 14.8. The number of nitrogens with one attached hydrogen (secondary N) is 1. The van der Waals surface area contributed by atoms with Gasteiger partial charge in [-0.3, -0.25) is 9.59 Å². The fourth-order valence-corrected chi connectivity index (χ4v) is 2.27. The molecule has 0 saturated heterocycles. The molecule has 8 heteroatoms. The number of Topliss-reactive ketones (excluding diaryl/α,β-unsaturated/α-hetero) is 1. The third-order valence-corrected chi connectivity index (χ3v) is 3.61. The zero-order valence-electron chi connectivity index (χ0n) is 14.8. The van der Waals surface area contributed by atoms with E-state index in [1.54, 1.807) is 13.8 Å². The Hall–Kier alpha value is -1.60. The molecule has 0 spiro atoms. The van der Waals surface area contributed by atoms with Gasteiger partial charge in [0.15, 0.2) is 5.78 Å². The first kappa shape index (κ1) is 22.4. The molecule has 0 saturated carbocycles. The van der Waals surface area contributed by atoms with E-state index in [9.17, 15) is 27.6 Å².